The zero-order chi connectivity index (χ0) is 20.6. The third-order valence-corrected chi connectivity index (χ3v) is 5.86. The number of nitrogens with zero attached hydrogens (tertiary/aromatic N) is 1. The summed E-state index contributed by atoms with van der Waals surface area (Å²) in [6, 6.07) is 11.7. The van der Waals surface area contributed by atoms with Crippen molar-refractivity contribution in [3.8, 4) is 17.2 Å². The quantitative estimate of drug-likeness (QED) is 0.455. The number of hydrogen-bond acceptors (Lipinski definition) is 1. The summed E-state index contributed by atoms with van der Waals surface area (Å²) in [5.74, 6) is -0.337. The summed E-state index contributed by atoms with van der Waals surface area (Å²) >= 11 is 0. The molecule has 0 spiro atoms. The maximum atomic E-state index is 13.8. The van der Waals surface area contributed by atoms with Gasteiger partial charge in [-0.1, -0.05) is 36.4 Å². The van der Waals surface area contributed by atoms with E-state index in [2.05, 4.69) is 6.08 Å². The van der Waals surface area contributed by atoms with Crippen molar-refractivity contribution in [1.29, 1.82) is 5.26 Å². The molecule has 0 aromatic heterocycles. The Morgan fingerprint density at radius 2 is 1.62 bits per heavy atom. The molecule has 1 fully saturated rings. The highest BCUT2D eigenvalue weighted by Crippen LogP contribution is 2.32. The molecule has 0 unspecified atom stereocenters. The van der Waals surface area contributed by atoms with Crippen molar-refractivity contribution >= 4 is 0 Å². The van der Waals surface area contributed by atoms with Crippen LogP contribution in [0, 0.1) is 34.8 Å². The third kappa shape index (κ3) is 5.73. The normalized spacial score (nSPS) is 19.4. The molecule has 0 heterocycles. The van der Waals surface area contributed by atoms with Crippen LogP contribution < -0.4 is 0 Å². The highest BCUT2D eigenvalue weighted by atomic mass is 19.1. The van der Waals surface area contributed by atoms with Gasteiger partial charge in [-0.3, -0.25) is 4.39 Å². The Bertz CT molecular complexity index is 849. The molecule has 4 heteroatoms. The van der Waals surface area contributed by atoms with E-state index < -0.39 is 17.2 Å². The second-order valence-corrected chi connectivity index (χ2v) is 7.85. The number of halogens is 3. The van der Waals surface area contributed by atoms with Crippen LogP contribution in [0.3, 0.4) is 0 Å². The number of benzene rings is 2. The highest BCUT2D eigenvalue weighted by Gasteiger charge is 2.19. The Balaban J connectivity index is 1.52. The van der Waals surface area contributed by atoms with Gasteiger partial charge in [-0.05, 0) is 85.6 Å². The predicted octanol–water partition coefficient (Wildman–Crippen LogP) is 7.16. The molecule has 1 aliphatic carbocycles. The van der Waals surface area contributed by atoms with Crippen LogP contribution in [0.4, 0.5) is 13.2 Å². The zero-order valence-electron chi connectivity index (χ0n) is 16.5. The summed E-state index contributed by atoms with van der Waals surface area (Å²) < 4.78 is 39.8. The van der Waals surface area contributed by atoms with Crippen molar-refractivity contribution < 1.29 is 13.2 Å². The van der Waals surface area contributed by atoms with E-state index in [0.29, 0.717) is 17.9 Å². The first-order chi connectivity index (χ1) is 14.1. The minimum Gasteiger partial charge on any atom is -0.251 e. The molecule has 0 saturated heterocycles. The first-order valence-electron chi connectivity index (χ1n) is 10.3. The fourth-order valence-corrected chi connectivity index (χ4v) is 4.10. The minimum absolute atomic E-state index is 0.278. The van der Waals surface area contributed by atoms with Gasteiger partial charge >= 0.3 is 0 Å². The van der Waals surface area contributed by atoms with Gasteiger partial charge in [0.25, 0.3) is 0 Å². The molecule has 3 rings (SSSR count). The number of nitriles is 1. The van der Waals surface area contributed by atoms with E-state index in [-0.39, 0.29) is 6.67 Å². The van der Waals surface area contributed by atoms with Crippen LogP contribution in [0.5, 0.6) is 0 Å². The van der Waals surface area contributed by atoms with E-state index >= 15 is 0 Å². The molecule has 2 aromatic carbocycles. The van der Waals surface area contributed by atoms with Gasteiger partial charge in [0.15, 0.2) is 0 Å². The predicted molar refractivity (Wildman–Crippen MR) is 110 cm³/mol. The molecule has 0 bridgehead atoms. The minimum atomic E-state index is -0.832. The van der Waals surface area contributed by atoms with E-state index in [1.807, 2.05) is 30.3 Å². The second kappa shape index (κ2) is 10.3. The van der Waals surface area contributed by atoms with Gasteiger partial charge in [-0.25, -0.2) is 8.78 Å². The van der Waals surface area contributed by atoms with Crippen LogP contribution in [0.25, 0.3) is 11.1 Å². The first-order valence-corrected chi connectivity index (χ1v) is 10.3. The molecular weight excluding hydrogens is 371 g/mol. The Kier molecular flexibility index (Phi) is 7.52. The topological polar surface area (TPSA) is 23.8 Å². The van der Waals surface area contributed by atoms with Crippen molar-refractivity contribution in [2.24, 2.45) is 11.8 Å². The van der Waals surface area contributed by atoms with Crippen LogP contribution in [0.1, 0.15) is 49.7 Å². The summed E-state index contributed by atoms with van der Waals surface area (Å²) in [4.78, 5) is 0. The van der Waals surface area contributed by atoms with Crippen molar-refractivity contribution in [3.63, 3.8) is 0 Å². The van der Waals surface area contributed by atoms with Crippen LogP contribution >= 0.6 is 0 Å². The maximum absolute atomic E-state index is 13.8. The fraction of sp³-hybridized carbons (Fsp3) is 0.400. The lowest BCUT2D eigenvalue weighted by atomic mass is 9.79. The summed E-state index contributed by atoms with van der Waals surface area (Å²) in [6.07, 6.45) is 11.6. The Hall–Kier alpha value is -2.54. The van der Waals surface area contributed by atoms with Gasteiger partial charge < -0.3 is 0 Å². The number of allylic oxidation sites excluding steroid dienone is 2. The Labute approximate surface area is 170 Å². The lowest BCUT2D eigenvalue weighted by Crippen LogP contribution is -2.13. The van der Waals surface area contributed by atoms with Gasteiger partial charge in [0.05, 0.1) is 6.67 Å². The smallest absolute Gasteiger partial charge is 0.144 e. The summed E-state index contributed by atoms with van der Waals surface area (Å²) in [7, 11) is 0. The van der Waals surface area contributed by atoms with Gasteiger partial charge in [0.1, 0.15) is 23.3 Å². The molecule has 152 valence electrons. The molecule has 1 saturated carbocycles. The number of rotatable bonds is 7. The molecule has 29 heavy (non-hydrogen) atoms. The van der Waals surface area contributed by atoms with E-state index in [1.165, 1.54) is 43.4 Å². The largest absolute Gasteiger partial charge is 0.251 e. The SMILES string of the molecule is N#Cc1c(F)cc(-c2ccc(CC[C@H]3CC[C@H](/C=C/CCF)CC3)cc2)cc1F. The van der Waals surface area contributed by atoms with E-state index in [9.17, 15) is 13.2 Å². The molecule has 0 aliphatic heterocycles. The molecule has 0 amide bonds. The zero-order valence-corrected chi connectivity index (χ0v) is 16.5. The van der Waals surface area contributed by atoms with Gasteiger partial charge in [-0.15, -0.1) is 0 Å². The highest BCUT2D eigenvalue weighted by molar-refractivity contribution is 5.65. The van der Waals surface area contributed by atoms with Crippen LogP contribution in [-0.4, -0.2) is 6.67 Å². The standard InChI is InChI=1S/C25H26F3N/c26-14-2-1-3-18-4-6-19(7-5-18)8-9-20-10-12-21(13-11-20)22-15-24(27)23(17-29)25(28)16-22/h1,3,10-13,15-16,18-19H,2,4-9,14H2/b3-1+/t18-,19-. The van der Waals surface area contributed by atoms with Crippen molar-refractivity contribution in [2.45, 2.75) is 44.9 Å². The maximum Gasteiger partial charge on any atom is 0.144 e. The third-order valence-electron chi connectivity index (χ3n) is 5.86. The first kappa shape index (κ1) is 21.2. The summed E-state index contributed by atoms with van der Waals surface area (Å²) in [5.41, 5.74) is 1.84. The average molecular weight is 397 g/mol. The van der Waals surface area contributed by atoms with Gasteiger partial charge in [0, 0.05) is 0 Å². The molecule has 0 radical (unpaired) electrons. The average Bonchev–Trinajstić information content (AvgIpc) is 2.73. The van der Waals surface area contributed by atoms with Crippen molar-refractivity contribution in [3.05, 3.63) is 71.3 Å². The Morgan fingerprint density at radius 1 is 0.966 bits per heavy atom. The van der Waals surface area contributed by atoms with Gasteiger partial charge in [-0.2, -0.15) is 5.26 Å². The van der Waals surface area contributed by atoms with Crippen LogP contribution in [-0.2, 0) is 6.42 Å². The van der Waals surface area contributed by atoms with E-state index in [1.54, 1.807) is 6.07 Å². The monoisotopic (exact) mass is 397 g/mol. The van der Waals surface area contributed by atoms with Gasteiger partial charge in [0.2, 0.25) is 0 Å². The van der Waals surface area contributed by atoms with Crippen molar-refractivity contribution in [2.75, 3.05) is 6.67 Å². The van der Waals surface area contributed by atoms with Crippen molar-refractivity contribution in [1.82, 2.24) is 0 Å². The molecule has 0 atom stereocenters. The molecule has 1 nitrogen and oxygen atoms in total. The number of hydrogen-bond donors (Lipinski definition) is 0. The molecule has 0 N–H and O–H groups in total. The molecule has 1 aliphatic rings. The van der Waals surface area contributed by atoms with E-state index in [4.69, 9.17) is 5.26 Å². The molecular formula is C25H26F3N. The number of aryl methyl sites for hydroxylation is 1. The second-order valence-electron chi connectivity index (χ2n) is 7.85. The van der Waals surface area contributed by atoms with E-state index in [0.717, 1.165) is 24.3 Å². The Morgan fingerprint density at radius 3 is 2.21 bits per heavy atom. The van der Waals surface area contributed by atoms with Crippen LogP contribution in [0.15, 0.2) is 48.6 Å². The molecule has 2 aromatic rings. The number of alkyl halides is 1. The van der Waals surface area contributed by atoms with Crippen LogP contribution in [0.2, 0.25) is 0 Å². The summed E-state index contributed by atoms with van der Waals surface area (Å²) in [6.45, 7) is -0.278. The fourth-order valence-electron chi connectivity index (χ4n) is 4.10. The lowest BCUT2D eigenvalue weighted by Gasteiger charge is -2.26. The lowest BCUT2D eigenvalue weighted by molar-refractivity contribution is 0.296. The summed E-state index contributed by atoms with van der Waals surface area (Å²) in [5, 5.41) is 8.78.